The zero-order valence-electron chi connectivity index (χ0n) is 15.8. The number of benzene rings is 3. The second-order valence-corrected chi connectivity index (χ2v) is 6.39. The lowest BCUT2D eigenvalue weighted by atomic mass is 10.1. The molecule has 0 unspecified atom stereocenters. The highest BCUT2D eigenvalue weighted by molar-refractivity contribution is 5.48. The van der Waals surface area contributed by atoms with Gasteiger partial charge in [0.1, 0.15) is 13.2 Å². The van der Waals surface area contributed by atoms with Crippen molar-refractivity contribution in [3.8, 4) is 11.5 Å². The van der Waals surface area contributed by atoms with E-state index in [0.717, 1.165) is 11.1 Å². The molecular formula is C23H22FNO4. The van der Waals surface area contributed by atoms with Crippen LogP contribution in [0.4, 0.5) is 4.39 Å². The van der Waals surface area contributed by atoms with Gasteiger partial charge in [0.15, 0.2) is 17.3 Å². The first-order valence-electron chi connectivity index (χ1n) is 9.20. The van der Waals surface area contributed by atoms with Crippen LogP contribution in [0.5, 0.6) is 11.5 Å². The number of aliphatic hydroxyl groups excluding tert-OH is 1. The van der Waals surface area contributed by atoms with Crippen LogP contribution >= 0.6 is 0 Å². The maximum Gasteiger partial charge on any atom is 0.207 e. The number of carbonyl (C=O) groups excluding carboxylic acids is 1. The van der Waals surface area contributed by atoms with Crippen LogP contribution in [-0.4, -0.2) is 18.1 Å². The van der Waals surface area contributed by atoms with E-state index in [1.54, 1.807) is 6.07 Å². The summed E-state index contributed by atoms with van der Waals surface area (Å²) in [5.74, 6) is -0.555. The molecule has 0 fully saturated rings. The van der Waals surface area contributed by atoms with Crippen LogP contribution in [0.15, 0.2) is 72.8 Å². The third-order valence-electron chi connectivity index (χ3n) is 4.31. The summed E-state index contributed by atoms with van der Waals surface area (Å²) >= 11 is 0. The van der Waals surface area contributed by atoms with Gasteiger partial charge in [0.2, 0.25) is 6.41 Å². The smallest absolute Gasteiger partial charge is 0.207 e. The predicted octanol–water partition coefficient (Wildman–Crippen LogP) is 3.76. The highest BCUT2D eigenvalue weighted by Gasteiger charge is 2.21. The van der Waals surface area contributed by atoms with Crippen molar-refractivity contribution in [2.24, 2.45) is 0 Å². The molecule has 3 aromatic carbocycles. The van der Waals surface area contributed by atoms with Crippen molar-refractivity contribution in [2.75, 3.05) is 6.54 Å². The van der Waals surface area contributed by atoms with Crippen LogP contribution in [0.25, 0.3) is 0 Å². The molecule has 0 saturated heterocycles. The number of hydrogen-bond acceptors (Lipinski definition) is 4. The van der Waals surface area contributed by atoms with Gasteiger partial charge in [-0.15, -0.1) is 0 Å². The molecule has 5 nitrogen and oxygen atoms in total. The minimum Gasteiger partial charge on any atom is -0.485 e. The van der Waals surface area contributed by atoms with Crippen LogP contribution < -0.4 is 14.8 Å². The lowest BCUT2D eigenvalue weighted by Crippen LogP contribution is -2.20. The second-order valence-electron chi connectivity index (χ2n) is 6.39. The Bertz CT molecular complexity index is 919. The average Bonchev–Trinajstić information content (AvgIpc) is 2.76. The van der Waals surface area contributed by atoms with Gasteiger partial charge < -0.3 is 19.9 Å². The Hall–Kier alpha value is -3.38. The van der Waals surface area contributed by atoms with Gasteiger partial charge in [0.05, 0.1) is 6.10 Å². The van der Waals surface area contributed by atoms with E-state index in [1.165, 1.54) is 6.07 Å². The van der Waals surface area contributed by atoms with Crippen molar-refractivity contribution < 1.29 is 23.8 Å². The van der Waals surface area contributed by atoms with Gasteiger partial charge in [-0.2, -0.15) is 0 Å². The van der Waals surface area contributed by atoms with Gasteiger partial charge >= 0.3 is 0 Å². The first-order valence-corrected chi connectivity index (χ1v) is 9.20. The summed E-state index contributed by atoms with van der Waals surface area (Å²) in [7, 11) is 0. The van der Waals surface area contributed by atoms with Crippen LogP contribution in [0.2, 0.25) is 0 Å². The monoisotopic (exact) mass is 395 g/mol. The van der Waals surface area contributed by atoms with Crippen molar-refractivity contribution in [2.45, 2.75) is 19.3 Å². The number of amides is 1. The number of hydrogen-bond donors (Lipinski definition) is 2. The van der Waals surface area contributed by atoms with Gasteiger partial charge in [-0.25, -0.2) is 4.39 Å². The molecule has 0 aliphatic heterocycles. The van der Waals surface area contributed by atoms with Gasteiger partial charge in [-0.05, 0) is 23.3 Å². The van der Waals surface area contributed by atoms with E-state index in [0.29, 0.717) is 6.41 Å². The zero-order valence-corrected chi connectivity index (χ0v) is 15.8. The molecule has 0 aliphatic carbocycles. The van der Waals surface area contributed by atoms with E-state index in [9.17, 15) is 9.90 Å². The summed E-state index contributed by atoms with van der Waals surface area (Å²) in [6.45, 7) is 0.283. The fraction of sp³-hybridized carbons (Fsp3) is 0.174. The fourth-order valence-electron chi connectivity index (χ4n) is 2.79. The molecule has 2 N–H and O–H groups in total. The number of rotatable bonds is 10. The van der Waals surface area contributed by atoms with Crippen LogP contribution in [0.1, 0.15) is 22.8 Å². The molecule has 0 aromatic heterocycles. The molecule has 3 rings (SSSR count). The van der Waals surface area contributed by atoms with E-state index in [2.05, 4.69) is 5.32 Å². The molecule has 3 aromatic rings. The minimum atomic E-state index is -1.21. The van der Waals surface area contributed by atoms with E-state index in [1.807, 2.05) is 60.7 Å². The number of halogens is 1. The Kier molecular flexibility index (Phi) is 7.19. The van der Waals surface area contributed by atoms with Crippen molar-refractivity contribution in [3.63, 3.8) is 0 Å². The average molecular weight is 395 g/mol. The first kappa shape index (κ1) is 20.4. The minimum absolute atomic E-state index is 0.0227. The first-order chi connectivity index (χ1) is 14.2. The molecular weight excluding hydrogens is 373 g/mol. The maximum absolute atomic E-state index is 15.2. The van der Waals surface area contributed by atoms with Crippen molar-refractivity contribution in [1.29, 1.82) is 0 Å². The second kappa shape index (κ2) is 10.2. The Labute approximate surface area is 168 Å². The van der Waals surface area contributed by atoms with E-state index < -0.39 is 11.9 Å². The van der Waals surface area contributed by atoms with Gasteiger partial charge in [-0.3, -0.25) is 4.79 Å². The third kappa shape index (κ3) is 5.56. The zero-order chi connectivity index (χ0) is 20.5. The molecule has 0 aliphatic rings. The summed E-state index contributed by atoms with van der Waals surface area (Å²) < 4.78 is 26.7. The molecule has 150 valence electrons. The molecule has 29 heavy (non-hydrogen) atoms. The Morgan fingerprint density at radius 2 is 1.48 bits per heavy atom. The van der Waals surface area contributed by atoms with E-state index >= 15 is 4.39 Å². The van der Waals surface area contributed by atoms with Crippen LogP contribution in [-0.2, 0) is 18.0 Å². The molecule has 0 heterocycles. The van der Waals surface area contributed by atoms with Crippen molar-refractivity contribution in [1.82, 2.24) is 5.32 Å². The normalized spacial score (nSPS) is 11.5. The maximum atomic E-state index is 15.2. The molecule has 6 heteroatoms. The van der Waals surface area contributed by atoms with Gasteiger partial charge in [0, 0.05) is 12.1 Å². The Morgan fingerprint density at radius 1 is 0.897 bits per heavy atom. The molecule has 1 amide bonds. The summed E-state index contributed by atoms with van der Waals surface area (Å²) in [6, 6.07) is 21.9. The number of carbonyl (C=O) groups is 1. The lowest BCUT2D eigenvalue weighted by Gasteiger charge is -2.18. The summed E-state index contributed by atoms with van der Waals surface area (Å²) in [5, 5.41) is 12.5. The quantitative estimate of drug-likeness (QED) is 0.513. The molecule has 0 saturated carbocycles. The lowest BCUT2D eigenvalue weighted by molar-refractivity contribution is -0.110. The predicted molar refractivity (Wildman–Crippen MR) is 107 cm³/mol. The molecule has 0 radical (unpaired) electrons. The van der Waals surface area contributed by atoms with Crippen molar-refractivity contribution >= 4 is 6.41 Å². The van der Waals surface area contributed by atoms with Crippen LogP contribution in [0, 0.1) is 5.82 Å². The summed E-state index contributed by atoms with van der Waals surface area (Å²) in [4.78, 5) is 10.5. The standard InChI is InChI=1S/C23H22FNO4/c24-22-19(20(27)13-25-16-26)11-12-21(28-14-17-7-3-1-4-8-17)23(22)29-15-18-9-5-2-6-10-18/h1-12,16,20,27H,13-15H2,(H,25,26)/t20-/m0/s1. The Balaban J connectivity index is 1.84. The van der Waals surface area contributed by atoms with Crippen LogP contribution in [0.3, 0.4) is 0 Å². The highest BCUT2D eigenvalue weighted by Crippen LogP contribution is 2.36. The van der Waals surface area contributed by atoms with Gasteiger partial charge in [-0.1, -0.05) is 60.7 Å². The third-order valence-corrected chi connectivity index (χ3v) is 4.31. The van der Waals surface area contributed by atoms with E-state index in [4.69, 9.17) is 9.47 Å². The number of ether oxygens (including phenoxy) is 2. The molecule has 1 atom stereocenters. The molecule has 0 bridgehead atoms. The highest BCUT2D eigenvalue weighted by atomic mass is 19.1. The van der Waals surface area contributed by atoms with Crippen molar-refractivity contribution in [3.05, 3.63) is 95.3 Å². The number of aliphatic hydroxyl groups is 1. The Morgan fingerprint density at radius 3 is 2.07 bits per heavy atom. The van der Waals surface area contributed by atoms with E-state index in [-0.39, 0.29) is 36.8 Å². The summed E-state index contributed by atoms with van der Waals surface area (Å²) in [6.07, 6.45) is -0.756. The number of nitrogens with one attached hydrogen (secondary N) is 1. The topological polar surface area (TPSA) is 67.8 Å². The summed E-state index contributed by atoms with van der Waals surface area (Å²) in [5.41, 5.74) is 1.82. The SMILES string of the molecule is O=CNC[C@H](O)c1ccc(OCc2ccccc2)c(OCc2ccccc2)c1F. The van der Waals surface area contributed by atoms with Gasteiger partial charge in [0.25, 0.3) is 0 Å². The molecule has 0 spiro atoms. The fourth-order valence-corrected chi connectivity index (χ4v) is 2.79. The largest absolute Gasteiger partial charge is 0.485 e.